The quantitative estimate of drug-likeness (QED) is 0.699. The Bertz CT molecular complexity index is 824. The fraction of sp³-hybridized carbons (Fsp3) is 0.286. The Morgan fingerprint density at radius 2 is 1.96 bits per heavy atom. The summed E-state index contributed by atoms with van der Waals surface area (Å²) in [5.74, 6) is 1.40. The predicted octanol–water partition coefficient (Wildman–Crippen LogP) is 0.564. The molecule has 1 amide bonds. The molecule has 0 aliphatic carbocycles. The van der Waals surface area contributed by atoms with Gasteiger partial charge in [-0.1, -0.05) is 35.5 Å². The molecule has 0 N–H and O–H groups in total. The molecule has 0 atom stereocenters. The highest BCUT2D eigenvalue weighted by atomic mass is 16.2. The second-order valence-electron chi connectivity index (χ2n) is 5.25. The average Bonchev–Trinajstić information content (AvgIpc) is 3.30. The van der Waals surface area contributed by atoms with Gasteiger partial charge in [-0.25, -0.2) is 9.36 Å². The van der Waals surface area contributed by atoms with Crippen molar-refractivity contribution in [1.29, 1.82) is 0 Å². The molecular formula is C14H14N8O. The number of hydrogen-bond donors (Lipinski definition) is 0. The van der Waals surface area contributed by atoms with E-state index in [9.17, 15) is 4.79 Å². The van der Waals surface area contributed by atoms with Crippen molar-refractivity contribution < 1.29 is 4.79 Å². The molecule has 1 fully saturated rings. The minimum atomic E-state index is 0.0912. The van der Waals surface area contributed by atoms with Gasteiger partial charge in [0.1, 0.15) is 6.67 Å². The van der Waals surface area contributed by atoms with Crippen molar-refractivity contribution in [2.45, 2.75) is 19.5 Å². The second kappa shape index (κ2) is 5.59. The van der Waals surface area contributed by atoms with E-state index in [1.807, 2.05) is 30.3 Å². The maximum absolute atomic E-state index is 11.9. The Labute approximate surface area is 131 Å². The lowest BCUT2D eigenvalue weighted by Gasteiger charge is -2.16. The van der Waals surface area contributed by atoms with Crippen LogP contribution in [0.1, 0.15) is 12.8 Å². The van der Waals surface area contributed by atoms with E-state index < -0.39 is 0 Å². The number of benzene rings is 1. The van der Waals surface area contributed by atoms with Gasteiger partial charge in [0.25, 0.3) is 0 Å². The molecule has 0 radical (unpaired) electrons. The molecule has 4 rings (SSSR count). The first-order valence-corrected chi connectivity index (χ1v) is 7.33. The first kappa shape index (κ1) is 13.6. The van der Waals surface area contributed by atoms with Gasteiger partial charge in [-0.3, -0.25) is 9.69 Å². The topological polar surface area (TPSA) is 94.6 Å². The highest BCUT2D eigenvalue weighted by molar-refractivity contribution is 5.94. The van der Waals surface area contributed by atoms with Crippen LogP contribution in [0.5, 0.6) is 0 Å². The Morgan fingerprint density at radius 3 is 2.74 bits per heavy atom. The summed E-state index contributed by atoms with van der Waals surface area (Å²) in [4.78, 5) is 13.6. The van der Waals surface area contributed by atoms with Gasteiger partial charge in [-0.05, 0) is 16.8 Å². The lowest BCUT2D eigenvalue weighted by molar-refractivity contribution is -0.117. The number of aromatic nitrogens is 7. The van der Waals surface area contributed by atoms with Crippen molar-refractivity contribution in [3.63, 3.8) is 0 Å². The summed E-state index contributed by atoms with van der Waals surface area (Å²) in [6, 6.07) is 9.67. The molecule has 2 aromatic heterocycles. The summed E-state index contributed by atoms with van der Waals surface area (Å²) in [6.45, 7) is 0.976. The van der Waals surface area contributed by atoms with Gasteiger partial charge in [-0.2, -0.15) is 0 Å². The molecule has 1 aliphatic rings. The van der Waals surface area contributed by atoms with E-state index in [4.69, 9.17) is 0 Å². The Kier molecular flexibility index (Phi) is 3.30. The first-order chi connectivity index (χ1) is 11.3. The van der Waals surface area contributed by atoms with Crippen LogP contribution in [-0.4, -0.2) is 47.7 Å². The molecule has 1 aromatic carbocycles. The maximum atomic E-state index is 11.9. The van der Waals surface area contributed by atoms with E-state index in [0.717, 1.165) is 12.0 Å². The molecule has 3 heterocycles. The molecule has 9 heteroatoms. The van der Waals surface area contributed by atoms with Crippen LogP contribution in [0.3, 0.4) is 0 Å². The van der Waals surface area contributed by atoms with Gasteiger partial charge in [0.05, 0.1) is 6.20 Å². The van der Waals surface area contributed by atoms with Crippen LogP contribution in [0.2, 0.25) is 0 Å². The summed E-state index contributed by atoms with van der Waals surface area (Å²) in [5, 5.41) is 19.8. The Balaban J connectivity index is 1.65. The van der Waals surface area contributed by atoms with Crippen LogP contribution in [0, 0.1) is 0 Å². The van der Waals surface area contributed by atoms with E-state index in [-0.39, 0.29) is 12.6 Å². The molecule has 9 nitrogen and oxygen atoms in total. The van der Waals surface area contributed by atoms with E-state index in [1.54, 1.807) is 20.5 Å². The normalized spacial score (nSPS) is 14.6. The molecule has 0 bridgehead atoms. The average molecular weight is 310 g/mol. The van der Waals surface area contributed by atoms with Crippen molar-refractivity contribution in [3.05, 3.63) is 36.5 Å². The van der Waals surface area contributed by atoms with Gasteiger partial charge < -0.3 is 0 Å². The summed E-state index contributed by atoms with van der Waals surface area (Å²) in [6.07, 6.45) is 3.01. The number of rotatable bonds is 4. The molecule has 0 saturated carbocycles. The largest absolute Gasteiger partial charge is 0.296 e. The van der Waals surface area contributed by atoms with Crippen LogP contribution in [-0.2, 0) is 11.5 Å². The number of amides is 1. The molecule has 0 unspecified atom stereocenters. The van der Waals surface area contributed by atoms with Gasteiger partial charge in [0.2, 0.25) is 5.91 Å². The lowest BCUT2D eigenvalue weighted by Crippen LogP contribution is -2.27. The van der Waals surface area contributed by atoms with Gasteiger partial charge in [0, 0.05) is 18.5 Å². The third kappa shape index (κ3) is 2.45. The highest BCUT2D eigenvalue weighted by Gasteiger charge is 2.25. The minimum Gasteiger partial charge on any atom is -0.296 e. The maximum Gasteiger partial charge on any atom is 0.228 e. The Morgan fingerprint density at radius 1 is 1.09 bits per heavy atom. The SMILES string of the molecule is O=C1CCCN1c1cnnn1Cn1nnnc1-c1ccccc1. The van der Waals surface area contributed by atoms with Gasteiger partial charge in [0.15, 0.2) is 11.6 Å². The number of tetrazole rings is 1. The van der Waals surface area contributed by atoms with Crippen LogP contribution in [0.25, 0.3) is 11.4 Å². The lowest BCUT2D eigenvalue weighted by atomic mass is 10.2. The smallest absolute Gasteiger partial charge is 0.228 e. The zero-order chi connectivity index (χ0) is 15.6. The fourth-order valence-corrected chi connectivity index (χ4v) is 2.67. The van der Waals surface area contributed by atoms with Crippen molar-refractivity contribution in [1.82, 2.24) is 35.2 Å². The van der Waals surface area contributed by atoms with E-state index in [1.165, 1.54) is 0 Å². The number of nitrogens with zero attached hydrogens (tertiary/aromatic N) is 8. The highest BCUT2D eigenvalue weighted by Crippen LogP contribution is 2.21. The van der Waals surface area contributed by atoms with Crippen LogP contribution in [0.4, 0.5) is 5.82 Å². The van der Waals surface area contributed by atoms with E-state index in [0.29, 0.717) is 24.6 Å². The molecule has 1 aliphatic heterocycles. The third-order valence-electron chi connectivity index (χ3n) is 3.78. The van der Waals surface area contributed by atoms with Crippen molar-refractivity contribution in [3.8, 4) is 11.4 Å². The standard InChI is InChI=1S/C14H14N8O/c23-13-7-4-8-20(13)12-9-15-18-21(12)10-22-14(16-17-19-22)11-5-2-1-3-6-11/h1-3,5-6,9H,4,7-8,10H2. The zero-order valence-corrected chi connectivity index (χ0v) is 12.3. The third-order valence-corrected chi connectivity index (χ3v) is 3.78. The van der Waals surface area contributed by atoms with E-state index in [2.05, 4.69) is 25.8 Å². The van der Waals surface area contributed by atoms with Crippen LogP contribution < -0.4 is 4.90 Å². The number of carbonyl (C=O) groups excluding carboxylic acids is 1. The molecular weight excluding hydrogens is 296 g/mol. The van der Waals surface area contributed by atoms with Crippen LogP contribution >= 0.6 is 0 Å². The minimum absolute atomic E-state index is 0.0912. The molecule has 116 valence electrons. The number of carbonyl (C=O) groups is 1. The summed E-state index contributed by atoms with van der Waals surface area (Å²) in [5.41, 5.74) is 0.913. The summed E-state index contributed by atoms with van der Waals surface area (Å²) in [7, 11) is 0. The summed E-state index contributed by atoms with van der Waals surface area (Å²) < 4.78 is 3.26. The fourth-order valence-electron chi connectivity index (χ4n) is 2.67. The number of anilines is 1. The van der Waals surface area contributed by atoms with Gasteiger partial charge >= 0.3 is 0 Å². The van der Waals surface area contributed by atoms with Crippen molar-refractivity contribution >= 4 is 11.7 Å². The molecule has 1 saturated heterocycles. The van der Waals surface area contributed by atoms with Crippen molar-refractivity contribution in [2.75, 3.05) is 11.4 Å². The van der Waals surface area contributed by atoms with E-state index >= 15 is 0 Å². The zero-order valence-electron chi connectivity index (χ0n) is 12.3. The monoisotopic (exact) mass is 310 g/mol. The molecule has 3 aromatic rings. The number of hydrogen-bond acceptors (Lipinski definition) is 6. The summed E-state index contributed by atoms with van der Waals surface area (Å²) >= 11 is 0. The first-order valence-electron chi connectivity index (χ1n) is 7.33. The second-order valence-corrected chi connectivity index (χ2v) is 5.25. The Hall–Kier alpha value is -3.10. The predicted molar refractivity (Wildman–Crippen MR) is 80.3 cm³/mol. The molecule has 23 heavy (non-hydrogen) atoms. The van der Waals surface area contributed by atoms with Crippen LogP contribution in [0.15, 0.2) is 36.5 Å². The van der Waals surface area contributed by atoms with Gasteiger partial charge in [-0.15, -0.1) is 10.2 Å². The van der Waals surface area contributed by atoms with Crippen molar-refractivity contribution in [2.24, 2.45) is 0 Å². The molecule has 0 spiro atoms.